The maximum Gasteiger partial charge on any atom is 0.271 e. The van der Waals surface area contributed by atoms with Crippen LogP contribution in [0.4, 0.5) is 0 Å². The second-order valence-corrected chi connectivity index (χ2v) is 6.65. The summed E-state index contributed by atoms with van der Waals surface area (Å²) in [5.41, 5.74) is 6.63. The molecule has 0 saturated heterocycles. The van der Waals surface area contributed by atoms with E-state index in [1.807, 2.05) is 19.1 Å². The molecular formula is C21H20N2O3. The predicted octanol–water partition coefficient (Wildman–Crippen LogP) is 4.09. The Hall–Kier alpha value is -3.08. The first-order valence-electron chi connectivity index (χ1n) is 8.80. The number of benzene rings is 2. The number of aromatic hydroxyl groups is 1. The molecule has 1 aliphatic carbocycles. The molecule has 5 heteroatoms. The van der Waals surface area contributed by atoms with Crippen molar-refractivity contribution in [1.29, 1.82) is 0 Å². The first-order valence-corrected chi connectivity index (χ1v) is 8.80. The summed E-state index contributed by atoms with van der Waals surface area (Å²) < 4.78 is 5.93. The van der Waals surface area contributed by atoms with Crippen LogP contribution in [0.1, 0.15) is 45.7 Å². The fourth-order valence-electron chi connectivity index (χ4n) is 3.43. The molecule has 1 amide bonds. The van der Waals surface area contributed by atoms with Gasteiger partial charge in [-0.15, -0.1) is 0 Å². The lowest BCUT2D eigenvalue weighted by Crippen LogP contribution is -2.17. The molecule has 4 rings (SSSR count). The van der Waals surface area contributed by atoms with Gasteiger partial charge in [0, 0.05) is 28.5 Å². The zero-order valence-corrected chi connectivity index (χ0v) is 14.6. The highest BCUT2D eigenvalue weighted by Crippen LogP contribution is 2.36. The van der Waals surface area contributed by atoms with Crippen LogP contribution in [-0.2, 0) is 12.8 Å². The molecular weight excluding hydrogens is 328 g/mol. The van der Waals surface area contributed by atoms with Crippen molar-refractivity contribution in [2.75, 3.05) is 0 Å². The van der Waals surface area contributed by atoms with Crippen LogP contribution in [0.5, 0.6) is 5.75 Å². The number of aryl methyl sites for hydroxylation is 3. The molecule has 2 N–H and O–H groups in total. The Morgan fingerprint density at radius 1 is 1.15 bits per heavy atom. The summed E-state index contributed by atoms with van der Waals surface area (Å²) in [5.74, 6) is 0.831. The summed E-state index contributed by atoms with van der Waals surface area (Å²) in [4.78, 5) is 12.2. The molecule has 0 fully saturated rings. The van der Waals surface area contributed by atoms with Crippen LogP contribution in [0.25, 0.3) is 11.0 Å². The van der Waals surface area contributed by atoms with E-state index in [9.17, 15) is 9.90 Å². The summed E-state index contributed by atoms with van der Waals surface area (Å²) in [7, 11) is 0. The Kier molecular flexibility index (Phi) is 4.21. The van der Waals surface area contributed by atoms with Crippen LogP contribution < -0.4 is 5.43 Å². The van der Waals surface area contributed by atoms with Crippen molar-refractivity contribution in [3.05, 3.63) is 64.4 Å². The molecule has 0 atom stereocenters. The van der Waals surface area contributed by atoms with Crippen molar-refractivity contribution in [2.45, 2.75) is 32.6 Å². The van der Waals surface area contributed by atoms with E-state index in [4.69, 9.17) is 4.42 Å². The van der Waals surface area contributed by atoms with Crippen LogP contribution in [0.2, 0.25) is 0 Å². The molecule has 0 spiro atoms. The number of hydrazone groups is 1. The Morgan fingerprint density at radius 2 is 1.92 bits per heavy atom. The molecule has 0 unspecified atom stereocenters. The molecule has 3 aromatic rings. The zero-order valence-electron chi connectivity index (χ0n) is 14.6. The maximum absolute atomic E-state index is 12.2. The molecule has 1 aromatic heterocycles. The number of rotatable bonds is 3. The van der Waals surface area contributed by atoms with E-state index in [0.29, 0.717) is 11.1 Å². The molecule has 0 bridgehead atoms. The van der Waals surface area contributed by atoms with Crippen molar-refractivity contribution in [2.24, 2.45) is 5.10 Å². The van der Waals surface area contributed by atoms with E-state index in [-0.39, 0.29) is 11.7 Å². The SMILES string of the molecule is Cc1ccc(C(=O)N/N=C/c2c(O)ccc3oc4c(c23)CCCC4)cc1. The van der Waals surface area contributed by atoms with Crippen LogP contribution in [0, 0.1) is 6.92 Å². The fourth-order valence-corrected chi connectivity index (χ4v) is 3.43. The van der Waals surface area contributed by atoms with Crippen molar-refractivity contribution < 1.29 is 14.3 Å². The lowest BCUT2D eigenvalue weighted by molar-refractivity contribution is 0.0955. The van der Waals surface area contributed by atoms with Crippen molar-refractivity contribution in [3.63, 3.8) is 0 Å². The molecule has 0 saturated carbocycles. The summed E-state index contributed by atoms with van der Waals surface area (Å²) in [6, 6.07) is 10.6. The Labute approximate surface area is 151 Å². The fraction of sp³-hybridized carbons (Fsp3) is 0.238. The van der Waals surface area contributed by atoms with Gasteiger partial charge < -0.3 is 9.52 Å². The normalized spacial score (nSPS) is 13.9. The minimum Gasteiger partial charge on any atom is -0.507 e. The summed E-state index contributed by atoms with van der Waals surface area (Å²) >= 11 is 0. The number of nitrogens with zero attached hydrogens (tertiary/aromatic N) is 1. The molecule has 5 nitrogen and oxygen atoms in total. The molecule has 132 valence electrons. The minimum atomic E-state index is -0.290. The van der Waals surface area contributed by atoms with Gasteiger partial charge in [-0.05, 0) is 50.5 Å². The average Bonchev–Trinajstić information content (AvgIpc) is 3.03. The van der Waals surface area contributed by atoms with E-state index < -0.39 is 0 Å². The minimum absolute atomic E-state index is 0.125. The van der Waals surface area contributed by atoms with E-state index in [1.54, 1.807) is 24.3 Å². The number of phenolic OH excluding ortho intramolecular Hbond substituents is 1. The standard InChI is InChI=1S/C21H20N2O3/c1-13-6-8-14(9-7-13)21(25)23-22-12-16-17(24)10-11-19-20(16)15-4-2-3-5-18(15)26-19/h6-12,24H,2-5H2,1H3,(H,23,25)/b22-12+. The number of fused-ring (bicyclic) bond motifs is 3. The molecule has 1 aliphatic rings. The second kappa shape index (κ2) is 6.67. The maximum atomic E-state index is 12.2. The van der Waals surface area contributed by atoms with Crippen LogP contribution in [-0.4, -0.2) is 17.2 Å². The number of carbonyl (C=O) groups excluding carboxylic acids is 1. The van der Waals surface area contributed by atoms with E-state index >= 15 is 0 Å². The van der Waals surface area contributed by atoms with Crippen molar-refractivity contribution in [1.82, 2.24) is 5.43 Å². The van der Waals surface area contributed by atoms with Gasteiger partial charge in [0.2, 0.25) is 0 Å². The van der Waals surface area contributed by atoms with Gasteiger partial charge in [0.25, 0.3) is 5.91 Å². The number of furan rings is 1. The van der Waals surface area contributed by atoms with Crippen molar-refractivity contribution in [3.8, 4) is 5.75 Å². The monoisotopic (exact) mass is 348 g/mol. The van der Waals surface area contributed by atoms with E-state index in [2.05, 4.69) is 10.5 Å². The highest BCUT2D eigenvalue weighted by atomic mass is 16.3. The number of carbonyl (C=O) groups is 1. The van der Waals surface area contributed by atoms with Gasteiger partial charge in [-0.25, -0.2) is 5.43 Å². The van der Waals surface area contributed by atoms with E-state index in [1.165, 1.54) is 6.21 Å². The number of nitrogens with one attached hydrogen (secondary N) is 1. The summed E-state index contributed by atoms with van der Waals surface area (Å²) in [5, 5.41) is 15.2. The topological polar surface area (TPSA) is 74.8 Å². The number of hydrogen-bond donors (Lipinski definition) is 2. The predicted molar refractivity (Wildman–Crippen MR) is 101 cm³/mol. The van der Waals surface area contributed by atoms with Crippen LogP contribution in [0.3, 0.4) is 0 Å². The third kappa shape index (κ3) is 2.96. The zero-order chi connectivity index (χ0) is 18.1. The Bertz CT molecular complexity index is 1000. The van der Waals surface area contributed by atoms with Gasteiger partial charge in [-0.3, -0.25) is 4.79 Å². The third-order valence-electron chi connectivity index (χ3n) is 4.81. The number of hydrogen-bond acceptors (Lipinski definition) is 4. The van der Waals surface area contributed by atoms with Gasteiger partial charge in [-0.1, -0.05) is 17.7 Å². The smallest absolute Gasteiger partial charge is 0.271 e. The van der Waals surface area contributed by atoms with Gasteiger partial charge in [0.05, 0.1) is 6.21 Å². The molecule has 2 aromatic carbocycles. The number of phenols is 1. The Morgan fingerprint density at radius 3 is 2.73 bits per heavy atom. The highest BCUT2D eigenvalue weighted by molar-refractivity contribution is 6.03. The van der Waals surface area contributed by atoms with Gasteiger partial charge >= 0.3 is 0 Å². The van der Waals surface area contributed by atoms with Crippen LogP contribution >= 0.6 is 0 Å². The molecule has 0 radical (unpaired) electrons. The first-order chi connectivity index (χ1) is 12.6. The summed E-state index contributed by atoms with van der Waals surface area (Å²) in [6.07, 6.45) is 5.58. The largest absolute Gasteiger partial charge is 0.507 e. The van der Waals surface area contributed by atoms with Gasteiger partial charge in [0.1, 0.15) is 17.1 Å². The quantitative estimate of drug-likeness (QED) is 0.553. The van der Waals surface area contributed by atoms with Gasteiger partial charge in [0.15, 0.2) is 0 Å². The summed E-state index contributed by atoms with van der Waals surface area (Å²) in [6.45, 7) is 1.97. The first kappa shape index (κ1) is 16.4. The van der Waals surface area contributed by atoms with Crippen LogP contribution in [0.15, 0.2) is 45.9 Å². The Balaban J connectivity index is 1.63. The average molecular weight is 348 g/mol. The lowest BCUT2D eigenvalue weighted by Gasteiger charge is -2.09. The molecule has 26 heavy (non-hydrogen) atoms. The van der Waals surface area contributed by atoms with E-state index in [0.717, 1.165) is 53.5 Å². The lowest BCUT2D eigenvalue weighted by atomic mass is 9.94. The number of amides is 1. The second-order valence-electron chi connectivity index (χ2n) is 6.65. The third-order valence-corrected chi connectivity index (χ3v) is 4.81. The van der Waals surface area contributed by atoms with Gasteiger partial charge in [-0.2, -0.15) is 5.10 Å². The molecule has 0 aliphatic heterocycles. The molecule has 1 heterocycles. The highest BCUT2D eigenvalue weighted by Gasteiger charge is 2.21. The van der Waals surface area contributed by atoms with Crippen molar-refractivity contribution >= 4 is 23.1 Å².